The number of amides is 1. The first-order valence-electron chi connectivity index (χ1n) is 10.1. The van der Waals surface area contributed by atoms with Crippen molar-refractivity contribution < 1.29 is 14.3 Å². The first-order chi connectivity index (χ1) is 15.0. The smallest absolute Gasteiger partial charge is 0.255 e. The molecule has 0 spiro atoms. The molecule has 6 heteroatoms. The summed E-state index contributed by atoms with van der Waals surface area (Å²) >= 11 is 6.18. The highest BCUT2D eigenvalue weighted by atomic mass is 35.5. The van der Waals surface area contributed by atoms with Gasteiger partial charge in [0.15, 0.2) is 11.5 Å². The average Bonchev–Trinajstić information content (AvgIpc) is 2.78. The van der Waals surface area contributed by atoms with E-state index in [0.717, 1.165) is 24.2 Å². The number of hydrogen-bond acceptors (Lipinski definition) is 4. The third-order valence-corrected chi connectivity index (χ3v) is 5.20. The number of methoxy groups -OCH3 is 1. The van der Waals surface area contributed by atoms with Crippen LogP contribution in [0.15, 0.2) is 66.7 Å². The van der Waals surface area contributed by atoms with Gasteiger partial charge in [0.2, 0.25) is 0 Å². The lowest BCUT2D eigenvalue weighted by molar-refractivity contribution is 0.102. The number of likely N-dealkylation sites (N-methyl/N-ethyl adjacent to an activating group) is 1. The topological polar surface area (TPSA) is 50.8 Å². The Morgan fingerprint density at radius 1 is 1.00 bits per heavy atom. The zero-order valence-electron chi connectivity index (χ0n) is 18.0. The predicted octanol–water partition coefficient (Wildman–Crippen LogP) is 5.28. The molecule has 0 saturated heterocycles. The summed E-state index contributed by atoms with van der Waals surface area (Å²) < 4.78 is 11.3. The highest BCUT2D eigenvalue weighted by Gasteiger charge is 2.12. The summed E-state index contributed by atoms with van der Waals surface area (Å²) in [5.74, 6) is 0.819. The lowest BCUT2D eigenvalue weighted by Crippen LogP contribution is -2.15. The number of rotatable bonds is 9. The largest absolute Gasteiger partial charge is 0.493 e. The third-order valence-electron chi connectivity index (χ3n) is 4.83. The molecule has 0 atom stereocenters. The second-order valence-corrected chi connectivity index (χ2v) is 7.86. The Morgan fingerprint density at radius 2 is 1.74 bits per heavy atom. The van der Waals surface area contributed by atoms with E-state index >= 15 is 0 Å². The van der Waals surface area contributed by atoms with Crippen molar-refractivity contribution in [1.82, 2.24) is 4.90 Å². The number of nitrogens with zero attached hydrogens (tertiary/aromatic N) is 1. The molecule has 0 unspecified atom stereocenters. The molecule has 0 bridgehead atoms. The van der Waals surface area contributed by atoms with Crippen molar-refractivity contribution in [3.8, 4) is 11.5 Å². The van der Waals surface area contributed by atoms with Crippen LogP contribution in [-0.4, -0.2) is 38.6 Å². The molecule has 0 fully saturated rings. The molecule has 0 saturated carbocycles. The van der Waals surface area contributed by atoms with E-state index in [2.05, 4.69) is 24.3 Å². The number of halogens is 1. The van der Waals surface area contributed by atoms with Gasteiger partial charge in [-0.2, -0.15) is 0 Å². The summed E-state index contributed by atoms with van der Waals surface area (Å²) in [4.78, 5) is 14.8. The summed E-state index contributed by atoms with van der Waals surface area (Å²) in [5, 5.41) is 3.57. The van der Waals surface area contributed by atoms with Crippen molar-refractivity contribution in [2.45, 2.75) is 13.0 Å². The molecule has 1 amide bonds. The Labute approximate surface area is 188 Å². The fourth-order valence-corrected chi connectivity index (χ4v) is 3.20. The molecular weight excluding hydrogens is 412 g/mol. The van der Waals surface area contributed by atoms with Crippen LogP contribution in [0.1, 0.15) is 21.5 Å². The van der Waals surface area contributed by atoms with Gasteiger partial charge in [-0.05, 0) is 62.5 Å². The van der Waals surface area contributed by atoms with Crippen LogP contribution in [0.5, 0.6) is 11.5 Å². The molecule has 162 valence electrons. The number of anilines is 1. The van der Waals surface area contributed by atoms with E-state index in [0.29, 0.717) is 28.7 Å². The molecule has 1 N–H and O–H groups in total. The minimum Gasteiger partial charge on any atom is -0.493 e. The maximum atomic E-state index is 12.7. The Hall–Kier alpha value is -3.02. The highest BCUT2D eigenvalue weighted by molar-refractivity contribution is 6.31. The van der Waals surface area contributed by atoms with Gasteiger partial charge in [-0.3, -0.25) is 4.79 Å². The zero-order valence-corrected chi connectivity index (χ0v) is 18.8. The fourth-order valence-electron chi connectivity index (χ4n) is 3.01. The molecule has 0 aliphatic carbocycles. The van der Waals surface area contributed by atoms with Gasteiger partial charge in [0.05, 0.1) is 7.11 Å². The lowest BCUT2D eigenvalue weighted by atomic mass is 10.1. The van der Waals surface area contributed by atoms with Crippen LogP contribution in [0, 0.1) is 0 Å². The van der Waals surface area contributed by atoms with Crippen LogP contribution in [-0.2, 0) is 13.0 Å². The van der Waals surface area contributed by atoms with Gasteiger partial charge < -0.3 is 19.7 Å². The van der Waals surface area contributed by atoms with Crippen LogP contribution in [0.4, 0.5) is 5.69 Å². The van der Waals surface area contributed by atoms with E-state index in [4.69, 9.17) is 21.1 Å². The molecule has 0 heterocycles. The molecule has 3 aromatic rings. The number of carbonyl (C=O) groups is 1. The van der Waals surface area contributed by atoms with E-state index in [1.165, 1.54) is 5.56 Å². The molecule has 3 rings (SSSR count). The summed E-state index contributed by atoms with van der Waals surface area (Å²) in [6.07, 6.45) is 0.966. The number of ether oxygens (including phenoxy) is 2. The standard InChI is InChI=1S/C25H27ClN2O3/c1-28(2)15-14-18-8-11-21(12-9-18)27-25(29)19-10-13-23(24(16-19)30-3)31-17-20-6-4-5-7-22(20)26/h4-13,16H,14-15,17H2,1-3H3,(H,27,29). The van der Waals surface area contributed by atoms with E-state index in [-0.39, 0.29) is 5.91 Å². The summed E-state index contributed by atoms with van der Waals surface area (Å²) in [7, 11) is 5.65. The minimum atomic E-state index is -0.211. The monoisotopic (exact) mass is 438 g/mol. The van der Waals surface area contributed by atoms with Crippen molar-refractivity contribution in [2.24, 2.45) is 0 Å². The Balaban J connectivity index is 1.64. The van der Waals surface area contributed by atoms with Crippen LogP contribution >= 0.6 is 11.6 Å². The summed E-state index contributed by atoms with van der Waals surface area (Å²) in [6.45, 7) is 1.29. The molecule has 0 aliphatic rings. The Morgan fingerprint density at radius 3 is 2.42 bits per heavy atom. The van der Waals surface area contributed by atoms with Gasteiger partial charge in [-0.1, -0.05) is 41.9 Å². The van der Waals surface area contributed by atoms with Gasteiger partial charge in [-0.25, -0.2) is 0 Å². The fraction of sp³-hybridized carbons (Fsp3) is 0.240. The second kappa shape index (κ2) is 10.8. The highest BCUT2D eigenvalue weighted by Crippen LogP contribution is 2.30. The quantitative estimate of drug-likeness (QED) is 0.493. The number of hydrogen-bond donors (Lipinski definition) is 1. The van der Waals surface area contributed by atoms with Crippen molar-refractivity contribution in [3.05, 3.63) is 88.4 Å². The van der Waals surface area contributed by atoms with Crippen molar-refractivity contribution >= 4 is 23.2 Å². The zero-order chi connectivity index (χ0) is 22.2. The van der Waals surface area contributed by atoms with Gasteiger partial charge in [0.25, 0.3) is 5.91 Å². The van der Waals surface area contributed by atoms with Gasteiger partial charge in [0.1, 0.15) is 6.61 Å². The van der Waals surface area contributed by atoms with E-state index < -0.39 is 0 Å². The van der Waals surface area contributed by atoms with Crippen molar-refractivity contribution in [1.29, 1.82) is 0 Å². The number of nitrogens with one attached hydrogen (secondary N) is 1. The maximum absolute atomic E-state index is 12.7. The van der Waals surface area contributed by atoms with Crippen LogP contribution in [0.3, 0.4) is 0 Å². The Bertz CT molecular complexity index is 1020. The normalized spacial score (nSPS) is 10.7. The average molecular weight is 439 g/mol. The van der Waals surface area contributed by atoms with E-state index in [9.17, 15) is 4.79 Å². The van der Waals surface area contributed by atoms with Crippen LogP contribution < -0.4 is 14.8 Å². The first-order valence-corrected chi connectivity index (χ1v) is 10.4. The van der Waals surface area contributed by atoms with Gasteiger partial charge in [0, 0.05) is 28.4 Å². The van der Waals surface area contributed by atoms with Crippen molar-refractivity contribution in [3.63, 3.8) is 0 Å². The molecule has 31 heavy (non-hydrogen) atoms. The molecule has 5 nitrogen and oxygen atoms in total. The maximum Gasteiger partial charge on any atom is 0.255 e. The van der Waals surface area contributed by atoms with Crippen molar-refractivity contribution in [2.75, 3.05) is 33.1 Å². The lowest BCUT2D eigenvalue weighted by Gasteiger charge is -2.13. The predicted molar refractivity (Wildman–Crippen MR) is 125 cm³/mol. The van der Waals surface area contributed by atoms with Crippen LogP contribution in [0.25, 0.3) is 0 Å². The van der Waals surface area contributed by atoms with Crippen LogP contribution in [0.2, 0.25) is 5.02 Å². The number of benzene rings is 3. The summed E-state index contributed by atoms with van der Waals surface area (Å²) in [6, 6.07) is 20.5. The molecular formula is C25H27ClN2O3. The van der Waals surface area contributed by atoms with E-state index in [1.54, 1.807) is 25.3 Å². The third kappa shape index (κ3) is 6.48. The minimum absolute atomic E-state index is 0.211. The van der Waals surface area contributed by atoms with Gasteiger partial charge >= 0.3 is 0 Å². The Kier molecular flexibility index (Phi) is 7.93. The van der Waals surface area contributed by atoms with E-state index in [1.807, 2.05) is 48.5 Å². The molecule has 0 radical (unpaired) electrons. The molecule has 0 aromatic heterocycles. The molecule has 3 aromatic carbocycles. The first kappa shape index (κ1) is 22.7. The SMILES string of the molecule is COc1cc(C(=O)Nc2ccc(CCN(C)C)cc2)ccc1OCc1ccccc1Cl. The molecule has 0 aliphatic heterocycles. The van der Waals surface area contributed by atoms with Gasteiger partial charge in [-0.15, -0.1) is 0 Å². The summed E-state index contributed by atoms with van der Waals surface area (Å²) in [5.41, 5.74) is 3.34. The number of carbonyl (C=O) groups excluding carboxylic acids is 1. The second-order valence-electron chi connectivity index (χ2n) is 7.45.